The predicted molar refractivity (Wildman–Crippen MR) is 67.0 cm³/mol. The van der Waals surface area contributed by atoms with E-state index in [0.717, 1.165) is 26.2 Å². The molecule has 3 fully saturated rings. The zero-order chi connectivity index (χ0) is 11.8. The highest BCUT2D eigenvalue weighted by Gasteiger charge is 2.42. The van der Waals surface area contributed by atoms with Crippen LogP contribution in [0.2, 0.25) is 0 Å². The highest BCUT2D eigenvalue weighted by molar-refractivity contribution is 5.77. The molecule has 96 valence electrons. The monoisotopic (exact) mass is 237 g/mol. The van der Waals surface area contributed by atoms with Gasteiger partial charge in [0.2, 0.25) is 0 Å². The van der Waals surface area contributed by atoms with Crippen molar-refractivity contribution >= 4 is 6.03 Å². The number of piperazine rings is 1. The van der Waals surface area contributed by atoms with Gasteiger partial charge in [0.25, 0.3) is 0 Å². The number of carbonyl (C=O) groups excluding carboxylic acids is 1. The standard InChI is InChI=1S/C13H23N3O/c1-14-7-8-15-12(9-14)10-16(13(15)17)11-5-3-2-4-6-11/h11-12H,2-10H2,1H3/t12-/m1/s1. The minimum absolute atomic E-state index is 0.315. The van der Waals surface area contributed by atoms with Crippen molar-refractivity contribution in [1.82, 2.24) is 14.7 Å². The first-order valence-electron chi connectivity index (χ1n) is 7.01. The number of hydrogen-bond acceptors (Lipinski definition) is 2. The molecule has 0 aromatic heterocycles. The summed E-state index contributed by atoms with van der Waals surface area (Å²) in [7, 11) is 2.16. The number of fused-ring (bicyclic) bond motifs is 1. The third-order valence-corrected chi connectivity index (χ3v) is 4.60. The Balaban J connectivity index is 1.69. The number of nitrogens with zero attached hydrogens (tertiary/aromatic N) is 3. The number of amides is 2. The summed E-state index contributed by atoms with van der Waals surface area (Å²) in [4.78, 5) is 19.0. The van der Waals surface area contributed by atoms with Crippen LogP contribution in [-0.2, 0) is 0 Å². The Kier molecular flexibility index (Phi) is 2.99. The van der Waals surface area contributed by atoms with E-state index in [1.54, 1.807) is 0 Å². The quantitative estimate of drug-likeness (QED) is 0.688. The molecule has 0 radical (unpaired) electrons. The molecular formula is C13H23N3O. The molecule has 2 aliphatic heterocycles. The second-order valence-corrected chi connectivity index (χ2v) is 5.84. The van der Waals surface area contributed by atoms with Crippen molar-refractivity contribution in [3.05, 3.63) is 0 Å². The second kappa shape index (κ2) is 4.48. The lowest BCUT2D eigenvalue weighted by Crippen LogP contribution is -2.50. The molecule has 3 aliphatic rings. The minimum atomic E-state index is 0.315. The molecule has 0 aromatic rings. The van der Waals surface area contributed by atoms with Gasteiger partial charge in [0.05, 0.1) is 6.04 Å². The third kappa shape index (κ3) is 2.03. The Morgan fingerprint density at radius 3 is 2.47 bits per heavy atom. The highest BCUT2D eigenvalue weighted by Crippen LogP contribution is 2.28. The van der Waals surface area contributed by atoms with Crippen molar-refractivity contribution in [2.75, 3.05) is 33.2 Å². The van der Waals surface area contributed by atoms with Gasteiger partial charge in [-0.1, -0.05) is 19.3 Å². The third-order valence-electron chi connectivity index (χ3n) is 4.60. The zero-order valence-corrected chi connectivity index (χ0v) is 10.8. The van der Waals surface area contributed by atoms with Crippen LogP contribution in [0.5, 0.6) is 0 Å². The van der Waals surface area contributed by atoms with E-state index in [9.17, 15) is 4.79 Å². The molecule has 4 heteroatoms. The maximum absolute atomic E-state index is 12.4. The van der Waals surface area contributed by atoms with E-state index in [-0.39, 0.29) is 0 Å². The first-order chi connectivity index (χ1) is 8.25. The van der Waals surface area contributed by atoms with Crippen molar-refractivity contribution < 1.29 is 4.79 Å². The number of rotatable bonds is 1. The molecule has 0 unspecified atom stereocenters. The number of carbonyl (C=O) groups is 1. The average Bonchev–Trinajstić information content (AvgIpc) is 2.67. The molecule has 3 rings (SSSR count). The van der Waals surface area contributed by atoms with E-state index >= 15 is 0 Å². The summed E-state index contributed by atoms with van der Waals surface area (Å²) in [5, 5.41) is 0. The summed E-state index contributed by atoms with van der Waals surface area (Å²) in [5.41, 5.74) is 0. The van der Waals surface area contributed by atoms with Gasteiger partial charge in [-0.15, -0.1) is 0 Å². The van der Waals surface area contributed by atoms with Crippen LogP contribution in [-0.4, -0.2) is 66.0 Å². The molecule has 1 aliphatic carbocycles. The van der Waals surface area contributed by atoms with Crippen molar-refractivity contribution in [3.63, 3.8) is 0 Å². The lowest BCUT2D eigenvalue weighted by molar-refractivity contribution is 0.136. The Morgan fingerprint density at radius 2 is 1.71 bits per heavy atom. The predicted octanol–water partition coefficient (Wildman–Crippen LogP) is 1.37. The fourth-order valence-electron chi connectivity index (χ4n) is 3.59. The van der Waals surface area contributed by atoms with Crippen LogP contribution < -0.4 is 0 Å². The minimum Gasteiger partial charge on any atom is -0.320 e. The van der Waals surface area contributed by atoms with E-state index in [1.807, 2.05) is 0 Å². The fourth-order valence-corrected chi connectivity index (χ4v) is 3.59. The van der Waals surface area contributed by atoms with Crippen LogP contribution in [0.4, 0.5) is 4.79 Å². The lowest BCUT2D eigenvalue weighted by atomic mass is 9.94. The van der Waals surface area contributed by atoms with E-state index in [1.165, 1.54) is 32.1 Å². The van der Waals surface area contributed by atoms with Gasteiger partial charge < -0.3 is 14.7 Å². The van der Waals surface area contributed by atoms with Gasteiger partial charge in [0.15, 0.2) is 0 Å². The molecule has 17 heavy (non-hydrogen) atoms. The Labute approximate surface area is 104 Å². The normalized spacial score (nSPS) is 32.1. The molecule has 0 bridgehead atoms. The largest absolute Gasteiger partial charge is 0.320 e. The van der Waals surface area contributed by atoms with Crippen LogP contribution in [0, 0.1) is 0 Å². The SMILES string of the molecule is CN1CCN2C(=O)N(C3CCCCC3)C[C@H]2C1. The number of urea groups is 1. The van der Waals surface area contributed by atoms with E-state index in [2.05, 4.69) is 21.7 Å². The van der Waals surface area contributed by atoms with E-state index in [4.69, 9.17) is 0 Å². The molecule has 0 spiro atoms. The fraction of sp³-hybridized carbons (Fsp3) is 0.923. The zero-order valence-electron chi connectivity index (χ0n) is 10.8. The van der Waals surface area contributed by atoms with Crippen LogP contribution in [0.25, 0.3) is 0 Å². The average molecular weight is 237 g/mol. The van der Waals surface area contributed by atoms with Crippen LogP contribution >= 0.6 is 0 Å². The summed E-state index contributed by atoms with van der Waals surface area (Å²) < 4.78 is 0. The molecule has 2 heterocycles. The smallest absolute Gasteiger partial charge is 0.320 e. The molecule has 0 N–H and O–H groups in total. The van der Waals surface area contributed by atoms with Gasteiger partial charge in [-0.25, -0.2) is 4.79 Å². The van der Waals surface area contributed by atoms with Gasteiger partial charge in [-0.05, 0) is 19.9 Å². The van der Waals surface area contributed by atoms with E-state index in [0.29, 0.717) is 18.1 Å². The van der Waals surface area contributed by atoms with Crippen molar-refractivity contribution in [2.24, 2.45) is 0 Å². The Hall–Kier alpha value is -0.770. The number of hydrogen-bond donors (Lipinski definition) is 0. The maximum Gasteiger partial charge on any atom is 0.320 e. The second-order valence-electron chi connectivity index (χ2n) is 5.84. The van der Waals surface area contributed by atoms with Gasteiger partial charge in [-0.3, -0.25) is 0 Å². The lowest BCUT2D eigenvalue weighted by Gasteiger charge is -2.34. The van der Waals surface area contributed by atoms with Gasteiger partial charge >= 0.3 is 6.03 Å². The van der Waals surface area contributed by atoms with Crippen molar-refractivity contribution in [3.8, 4) is 0 Å². The van der Waals surface area contributed by atoms with Crippen LogP contribution in [0.15, 0.2) is 0 Å². The molecule has 2 saturated heterocycles. The topological polar surface area (TPSA) is 26.8 Å². The molecule has 2 amide bonds. The first-order valence-corrected chi connectivity index (χ1v) is 7.01. The summed E-state index contributed by atoms with van der Waals surface area (Å²) in [6.07, 6.45) is 6.41. The molecule has 0 aromatic carbocycles. The van der Waals surface area contributed by atoms with Crippen LogP contribution in [0.3, 0.4) is 0 Å². The Morgan fingerprint density at radius 1 is 0.941 bits per heavy atom. The van der Waals surface area contributed by atoms with E-state index < -0.39 is 0 Å². The summed E-state index contributed by atoms with van der Waals surface area (Å²) in [6, 6.07) is 1.30. The number of likely N-dealkylation sites (N-methyl/N-ethyl adjacent to an activating group) is 1. The van der Waals surface area contributed by atoms with Crippen molar-refractivity contribution in [1.29, 1.82) is 0 Å². The summed E-state index contributed by atoms with van der Waals surface area (Å²) >= 11 is 0. The van der Waals surface area contributed by atoms with Gasteiger partial charge in [0.1, 0.15) is 0 Å². The molecular weight excluding hydrogens is 214 g/mol. The maximum atomic E-state index is 12.4. The van der Waals surface area contributed by atoms with Gasteiger partial charge in [-0.2, -0.15) is 0 Å². The van der Waals surface area contributed by atoms with Crippen LogP contribution in [0.1, 0.15) is 32.1 Å². The Bertz CT molecular complexity index is 301. The summed E-state index contributed by atoms with van der Waals surface area (Å²) in [6.45, 7) is 3.97. The molecule has 1 saturated carbocycles. The summed E-state index contributed by atoms with van der Waals surface area (Å²) in [5.74, 6) is 0. The van der Waals surface area contributed by atoms with Crippen molar-refractivity contribution in [2.45, 2.75) is 44.2 Å². The van der Waals surface area contributed by atoms with Gasteiger partial charge in [0, 0.05) is 32.2 Å². The molecule has 4 nitrogen and oxygen atoms in total. The molecule has 1 atom stereocenters. The highest BCUT2D eigenvalue weighted by atomic mass is 16.2. The first kappa shape index (κ1) is 11.3.